The average molecular weight is 275 g/mol. The highest BCUT2D eigenvalue weighted by atomic mass is 32.1. The Kier molecular flexibility index (Phi) is 3.71. The molecule has 4 heteroatoms. The van der Waals surface area contributed by atoms with Gasteiger partial charge in [0, 0.05) is 30.4 Å². The Morgan fingerprint density at radius 2 is 2.47 bits per heavy atom. The Labute approximate surface area is 118 Å². The molecule has 1 aliphatic carbocycles. The lowest BCUT2D eigenvalue weighted by atomic mass is 9.92. The van der Waals surface area contributed by atoms with E-state index in [9.17, 15) is 0 Å². The van der Waals surface area contributed by atoms with E-state index in [1.54, 1.807) is 11.3 Å². The smallest absolute Gasteiger partial charge is 0.0540 e. The molecule has 0 spiro atoms. The topological polar surface area (TPSA) is 29.9 Å². The highest BCUT2D eigenvalue weighted by Crippen LogP contribution is 2.29. The van der Waals surface area contributed by atoms with Crippen LogP contribution in [0.25, 0.3) is 0 Å². The van der Waals surface area contributed by atoms with Crippen molar-refractivity contribution in [3.63, 3.8) is 0 Å². The Bertz CT molecular complexity index is 530. The second-order valence-corrected chi connectivity index (χ2v) is 6.30. The van der Waals surface area contributed by atoms with Crippen molar-refractivity contribution in [2.24, 2.45) is 7.05 Å². The van der Waals surface area contributed by atoms with E-state index in [4.69, 9.17) is 0 Å². The molecule has 0 bridgehead atoms. The van der Waals surface area contributed by atoms with Gasteiger partial charge in [0.15, 0.2) is 0 Å². The number of hydrogen-bond acceptors (Lipinski definition) is 3. The third-order valence-corrected chi connectivity index (χ3v) is 4.72. The molecule has 3 nitrogen and oxygen atoms in total. The molecule has 2 aromatic heterocycles. The van der Waals surface area contributed by atoms with Gasteiger partial charge in [-0.2, -0.15) is 16.4 Å². The second kappa shape index (κ2) is 5.47. The monoisotopic (exact) mass is 275 g/mol. The van der Waals surface area contributed by atoms with Crippen LogP contribution in [0, 0.1) is 0 Å². The lowest BCUT2D eigenvalue weighted by molar-refractivity contribution is 0.403. The summed E-state index contributed by atoms with van der Waals surface area (Å²) in [6.45, 7) is 2.28. The summed E-state index contributed by atoms with van der Waals surface area (Å²) in [5.74, 6) is 0. The summed E-state index contributed by atoms with van der Waals surface area (Å²) in [5.41, 5.74) is 4.25. The maximum atomic E-state index is 4.41. The molecule has 0 aromatic carbocycles. The quantitative estimate of drug-likeness (QED) is 0.929. The van der Waals surface area contributed by atoms with Crippen molar-refractivity contribution in [3.8, 4) is 0 Å². The van der Waals surface area contributed by atoms with Gasteiger partial charge < -0.3 is 5.32 Å². The lowest BCUT2D eigenvalue weighted by Crippen LogP contribution is -2.34. The fourth-order valence-electron chi connectivity index (χ4n) is 3.04. The van der Waals surface area contributed by atoms with Crippen LogP contribution in [-0.2, 0) is 19.9 Å². The number of aromatic nitrogens is 2. The molecule has 0 saturated carbocycles. The Hall–Kier alpha value is -1.13. The van der Waals surface area contributed by atoms with Crippen molar-refractivity contribution < 1.29 is 0 Å². The first-order chi connectivity index (χ1) is 9.24. The summed E-state index contributed by atoms with van der Waals surface area (Å²) in [6, 6.07) is 3.20. The van der Waals surface area contributed by atoms with E-state index in [0.29, 0.717) is 12.1 Å². The fraction of sp³-hybridized carbons (Fsp3) is 0.533. The zero-order valence-electron chi connectivity index (χ0n) is 11.6. The van der Waals surface area contributed by atoms with E-state index >= 15 is 0 Å². The van der Waals surface area contributed by atoms with E-state index in [0.717, 1.165) is 6.42 Å². The number of fused-ring (bicyclic) bond motifs is 1. The first-order valence-electron chi connectivity index (χ1n) is 7.02. The summed E-state index contributed by atoms with van der Waals surface area (Å²) in [4.78, 5) is 0. The van der Waals surface area contributed by atoms with Gasteiger partial charge in [0.2, 0.25) is 0 Å². The standard InChI is InChI=1S/C15H21N3S/c1-11(8-12-6-7-19-10-12)17-14-4-3-5-15-13(14)9-16-18(15)2/h6-7,9-11,14,17H,3-5,8H2,1-2H3. The first-order valence-corrected chi connectivity index (χ1v) is 7.96. The van der Waals surface area contributed by atoms with Crippen LogP contribution in [0.3, 0.4) is 0 Å². The summed E-state index contributed by atoms with van der Waals surface area (Å²) in [6.07, 6.45) is 6.81. The van der Waals surface area contributed by atoms with E-state index in [1.807, 2.05) is 10.9 Å². The maximum Gasteiger partial charge on any atom is 0.0540 e. The molecular formula is C15H21N3S. The number of aryl methyl sites for hydroxylation is 1. The van der Waals surface area contributed by atoms with Gasteiger partial charge in [-0.15, -0.1) is 0 Å². The molecule has 1 N–H and O–H groups in total. The molecule has 102 valence electrons. The molecule has 0 fully saturated rings. The summed E-state index contributed by atoms with van der Waals surface area (Å²) < 4.78 is 2.03. The van der Waals surface area contributed by atoms with Crippen LogP contribution >= 0.6 is 11.3 Å². The van der Waals surface area contributed by atoms with Gasteiger partial charge in [-0.1, -0.05) is 0 Å². The van der Waals surface area contributed by atoms with Crippen LogP contribution in [-0.4, -0.2) is 15.8 Å². The van der Waals surface area contributed by atoms with Crippen molar-refractivity contribution in [1.29, 1.82) is 0 Å². The van der Waals surface area contributed by atoms with Crippen LogP contribution in [0.15, 0.2) is 23.0 Å². The van der Waals surface area contributed by atoms with E-state index < -0.39 is 0 Å². The highest BCUT2D eigenvalue weighted by molar-refractivity contribution is 7.07. The second-order valence-electron chi connectivity index (χ2n) is 5.52. The van der Waals surface area contributed by atoms with Crippen LogP contribution in [0.2, 0.25) is 0 Å². The molecule has 0 aliphatic heterocycles. The first kappa shape index (κ1) is 12.9. The zero-order chi connectivity index (χ0) is 13.2. The van der Waals surface area contributed by atoms with Gasteiger partial charge in [0.05, 0.1) is 6.20 Å². The van der Waals surface area contributed by atoms with Crippen molar-refractivity contribution in [2.75, 3.05) is 0 Å². The largest absolute Gasteiger partial charge is 0.307 e. The van der Waals surface area contributed by atoms with Crippen LogP contribution < -0.4 is 5.32 Å². The molecular weight excluding hydrogens is 254 g/mol. The molecule has 1 aliphatic rings. The minimum Gasteiger partial charge on any atom is -0.307 e. The van der Waals surface area contributed by atoms with E-state index in [1.165, 1.54) is 36.1 Å². The Morgan fingerprint density at radius 3 is 3.26 bits per heavy atom. The molecule has 3 rings (SSSR count). The molecule has 2 atom stereocenters. The van der Waals surface area contributed by atoms with Crippen molar-refractivity contribution >= 4 is 11.3 Å². The van der Waals surface area contributed by atoms with Gasteiger partial charge in [0.1, 0.15) is 0 Å². The van der Waals surface area contributed by atoms with Gasteiger partial charge in [-0.05, 0) is 55.0 Å². The highest BCUT2D eigenvalue weighted by Gasteiger charge is 2.24. The van der Waals surface area contributed by atoms with Gasteiger partial charge in [-0.25, -0.2) is 0 Å². The minimum atomic E-state index is 0.478. The number of nitrogens with zero attached hydrogens (tertiary/aromatic N) is 2. The lowest BCUT2D eigenvalue weighted by Gasteiger charge is -2.27. The summed E-state index contributed by atoms with van der Waals surface area (Å²) >= 11 is 1.78. The van der Waals surface area contributed by atoms with Crippen LogP contribution in [0.5, 0.6) is 0 Å². The van der Waals surface area contributed by atoms with E-state index in [-0.39, 0.29) is 0 Å². The molecule has 2 heterocycles. The number of rotatable bonds is 4. The van der Waals surface area contributed by atoms with Crippen molar-refractivity contribution in [1.82, 2.24) is 15.1 Å². The predicted molar refractivity (Wildman–Crippen MR) is 79.5 cm³/mol. The molecule has 2 aromatic rings. The van der Waals surface area contributed by atoms with Gasteiger partial charge in [0.25, 0.3) is 0 Å². The molecule has 0 saturated heterocycles. The van der Waals surface area contributed by atoms with E-state index in [2.05, 4.69) is 41.2 Å². The van der Waals surface area contributed by atoms with Crippen molar-refractivity contribution in [3.05, 3.63) is 39.8 Å². The average Bonchev–Trinajstić information content (AvgIpc) is 3.01. The molecule has 0 radical (unpaired) electrons. The zero-order valence-corrected chi connectivity index (χ0v) is 12.4. The van der Waals surface area contributed by atoms with Gasteiger partial charge in [-0.3, -0.25) is 4.68 Å². The molecule has 2 unspecified atom stereocenters. The third-order valence-electron chi connectivity index (χ3n) is 3.98. The molecule has 0 amide bonds. The van der Waals surface area contributed by atoms with Crippen LogP contribution in [0.4, 0.5) is 0 Å². The SMILES string of the molecule is CC(Cc1ccsc1)NC1CCCc2c1cnn2C. The van der Waals surface area contributed by atoms with Crippen LogP contribution in [0.1, 0.15) is 42.6 Å². The number of hydrogen-bond donors (Lipinski definition) is 1. The molecule has 19 heavy (non-hydrogen) atoms. The minimum absolute atomic E-state index is 0.478. The Morgan fingerprint density at radius 1 is 1.58 bits per heavy atom. The number of nitrogens with one attached hydrogen (secondary N) is 1. The number of thiophene rings is 1. The maximum absolute atomic E-state index is 4.41. The summed E-state index contributed by atoms with van der Waals surface area (Å²) in [7, 11) is 2.05. The third kappa shape index (κ3) is 2.74. The van der Waals surface area contributed by atoms with Gasteiger partial charge >= 0.3 is 0 Å². The summed E-state index contributed by atoms with van der Waals surface area (Å²) in [5, 5.41) is 12.6. The van der Waals surface area contributed by atoms with Crippen molar-refractivity contribution in [2.45, 2.75) is 44.7 Å². The predicted octanol–water partition coefficient (Wildman–Crippen LogP) is 3.08. The Balaban J connectivity index is 1.67. The fourth-order valence-corrected chi connectivity index (χ4v) is 3.73. The normalized spacial score (nSPS) is 20.2.